The summed E-state index contributed by atoms with van der Waals surface area (Å²) in [5, 5.41) is 2.61. The van der Waals surface area contributed by atoms with Gasteiger partial charge in [0.05, 0.1) is 18.0 Å². The molecule has 2 aliphatic rings. The van der Waals surface area contributed by atoms with Crippen molar-refractivity contribution in [1.82, 2.24) is 10.2 Å². The smallest absolute Gasteiger partial charge is 0.407 e. The monoisotopic (exact) mass is 410 g/mol. The first-order valence-corrected chi connectivity index (χ1v) is 9.23. The molecular formula is C19H21F3N4O3. The van der Waals surface area contributed by atoms with Gasteiger partial charge < -0.3 is 20.7 Å². The lowest BCUT2D eigenvalue weighted by molar-refractivity contribution is -0.274. The predicted molar refractivity (Wildman–Crippen MR) is 96.7 cm³/mol. The van der Waals surface area contributed by atoms with E-state index in [0.29, 0.717) is 32.2 Å². The van der Waals surface area contributed by atoms with Crippen molar-refractivity contribution in [2.75, 3.05) is 13.1 Å². The van der Waals surface area contributed by atoms with Crippen molar-refractivity contribution >= 4 is 17.5 Å². The number of piperidine rings is 1. The Morgan fingerprint density at radius 2 is 2.10 bits per heavy atom. The van der Waals surface area contributed by atoms with E-state index in [9.17, 15) is 22.8 Å². The van der Waals surface area contributed by atoms with Crippen molar-refractivity contribution in [1.29, 1.82) is 0 Å². The van der Waals surface area contributed by atoms with E-state index in [-0.39, 0.29) is 36.2 Å². The fraction of sp³-hybridized carbons (Fsp3) is 0.526. The van der Waals surface area contributed by atoms with Gasteiger partial charge in [-0.1, -0.05) is 12.1 Å². The van der Waals surface area contributed by atoms with Crippen molar-refractivity contribution < 1.29 is 27.5 Å². The third-order valence-corrected chi connectivity index (χ3v) is 5.15. The molecule has 1 aromatic carbocycles. The number of nitrogens with two attached hydrogens (primary N) is 1. The lowest BCUT2D eigenvalue weighted by atomic mass is 9.96. The van der Waals surface area contributed by atoms with Crippen LogP contribution in [0.1, 0.15) is 31.2 Å². The van der Waals surface area contributed by atoms with Gasteiger partial charge in [0.1, 0.15) is 5.75 Å². The summed E-state index contributed by atoms with van der Waals surface area (Å²) in [6.07, 6.45) is -2.40. The Bertz CT molecular complexity index is 846. The lowest BCUT2D eigenvalue weighted by Crippen LogP contribution is -2.51. The van der Waals surface area contributed by atoms with Crippen LogP contribution in [0.5, 0.6) is 5.75 Å². The number of benzene rings is 1. The molecule has 0 bridgehead atoms. The van der Waals surface area contributed by atoms with Gasteiger partial charge in [-0.25, -0.2) is 4.85 Å². The summed E-state index contributed by atoms with van der Waals surface area (Å²) < 4.78 is 41.9. The Morgan fingerprint density at radius 1 is 1.38 bits per heavy atom. The number of nitrogens with zero attached hydrogens (tertiary/aromatic N) is 2. The van der Waals surface area contributed by atoms with E-state index in [1.54, 1.807) is 4.90 Å². The number of ether oxygens (including phenoxy) is 1. The molecule has 2 fully saturated rings. The van der Waals surface area contributed by atoms with Gasteiger partial charge in [-0.05, 0) is 31.7 Å². The number of hydrogen-bond acceptors (Lipinski definition) is 4. The second-order valence-electron chi connectivity index (χ2n) is 7.42. The average Bonchev–Trinajstić information content (AvgIpc) is 3.43. The number of likely N-dealkylation sites (tertiary alicyclic amines) is 1. The molecule has 156 valence electrons. The molecule has 1 saturated carbocycles. The highest BCUT2D eigenvalue weighted by Crippen LogP contribution is 2.35. The van der Waals surface area contributed by atoms with Crippen LogP contribution in [0.15, 0.2) is 18.2 Å². The Hall–Kier alpha value is -2.80. The first kappa shape index (κ1) is 20.9. The zero-order valence-electron chi connectivity index (χ0n) is 15.6. The highest BCUT2D eigenvalue weighted by molar-refractivity contribution is 5.90. The van der Waals surface area contributed by atoms with Gasteiger partial charge in [0.15, 0.2) is 5.69 Å². The summed E-state index contributed by atoms with van der Waals surface area (Å²) in [5.41, 5.74) is 5.25. The second-order valence-corrected chi connectivity index (χ2v) is 7.42. The number of carbonyl (C=O) groups is 2. The largest absolute Gasteiger partial charge is 0.573 e. The van der Waals surface area contributed by atoms with Crippen LogP contribution in [0, 0.1) is 12.5 Å². The molecule has 7 nitrogen and oxygen atoms in total. The van der Waals surface area contributed by atoms with E-state index in [1.165, 1.54) is 12.1 Å². The van der Waals surface area contributed by atoms with Gasteiger partial charge in [-0.2, -0.15) is 0 Å². The minimum Gasteiger partial charge on any atom is -0.407 e. The van der Waals surface area contributed by atoms with E-state index in [1.807, 2.05) is 0 Å². The Labute approximate surface area is 165 Å². The van der Waals surface area contributed by atoms with Gasteiger partial charge in [0.25, 0.3) is 0 Å². The number of halogens is 3. The van der Waals surface area contributed by atoms with Gasteiger partial charge in [-0.15, -0.1) is 13.2 Å². The van der Waals surface area contributed by atoms with E-state index >= 15 is 0 Å². The standard InChI is InChI=1S/C19H21F3N4O3/c1-24-14-5-4-12(15(9-14)29-19(20,21)22)10-25-16(27)13-3-2-8-26(11-13)17(28)18(23)6-7-18/h4-5,9,13H,2-3,6-8,10-11,23H2,(H,25,27)/t13-/m1/s1. The van der Waals surface area contributed by atoms with Crippen LogP contribution in [0.2, 0.25) is 0 Å². The molecule has 0 spiro atoms. The molecular weight excluding hydrogens is 389 g/mol. The molecule has 3 N–H and O–H groups in total. The van der Waals surface area contributed by atoms with Gasteiger partial charge in [0, 0.05) is 25.2 Å². The maximum absolute atomic E-state index is 12.6. The highest BCUT2D eigenvalue weighted by Gasteiger charge is 2.49. The van der Waals surface area contributed by atoms with Crippen LogP contribution < -0.4 is 15.8 Å². The number of rotatable bonds is 5. The zero-order valence-corrected chi connectivity index (χ0v) is 15.6. The van der Waals surface area contributed by atoms with Gasteiger partial charge in [0.2, 0.25) is 11.8 Å². The highest BCUT2D eigenvalue weighted by atomic mass is 19.4. The summed E-state index contributed by atoms with van der Waals surface area (Å²) in [6.45, 7) is 7.53. The molecule has 1 aliphatic heterocycles. The van der Waals surface area contributed by atoms with Gasteiger partial charge in [-0.3, -0.25) is 9.59 Å². The number of carbonyl (C=O) groups excluding carboxylic acids is 2. The Balaban J connectivity index is 1.63. The number of hydrogen-bond donors (Lipinski definition) is 2. The molecule has 0 radical (unpaired) electrons. The molecule has 3 rings (SSSR count). The third kappa shape index (κ3) is 5.17. The number of nitrogens with one attached hydrogen (secondary N) is 1. The minimum absolute atomic E-state index is 0.00319. The molecule has 0 unspecified atom stereocenters. The molecule has 1 aromatic rings. The molecule has 2 amide bonds. The molecule has 29 heavy (non-hydrogen) atoms. The molecule has 10 heteroatoms. The minimum atomic E-state index is -4.91. The fourth-order valence-corrected chi connectivity index (χ4v) is 3.34. The van der Waals surface area contributed by atoms with Crippen LogP contribution >= 0.6 is 0 Å². The van der Waals surface area contributed by atoms with Crippen LogP contribution in [0.25, 0.3) is 4.85 Å². The van der Waals surface area contributed by atoms with E-state index in [0.717, 1.165) is 6.07 Å². The van der Waals surface area contributed by atoms with Crippen molar-refractivity contribution in [3.05, 3.63) is 35.2 Å². The van der Waals surface area contributed by atoms with Crippen molar-refractivity contribution in [2.45, 2.75) is 44.1 Å². The quantitative estimate of drug-likeness (QED) is 0.730. The maximum atomic E-state index is 12.6. The Morgan fingerprint density at radius 3 is 2.72 bits per heavy atom. The Kier molecular flexibility index (Phi) is 5.71. The molecule has 0 aromatic heterocycles. The maximum Gasteiger partial charge on any atom is 0.573 e. The lowest BCUT2D eigenvalue weighted by Gasteiger charge is -2.33. The predicted octanol–water partition coefficient (Wildman–Crippen LogP) is 2.48. The van der Waals surface area contributed by atoms with E-state index < -0.39 is 23.6 Å². The van der Waals surface area contributed by atoms with Gasteiger partial charge >= 0.3 is 6.36 Å². The van der Waals surface area contributed by atoms with Crippen LogP contribution in [0.3, 0.4) is 0 Å². The van der Waals surface area contributed by atoms with Crippen LogP contribution in [-0.2, 0) is 16.1 Å². The van der Waals surface area contributed by atoms with Crippen molar-refractivity contribution in [3.8, 4) is 5.75 Å². The van der Waals surface area contributed by atoms with E-state index in [4.69, 9.17) is 12.3 Å². The molecule has 1 atom stereocenters. The zero-order chi connectivity index (χ0) is 21.2. The SMILES string of the molecule is [C-]#[N+]c1ccc(CNC(=O)[C@@H]2CCCN(C(=O)C3(N)CC3)C2)c(OC(F)(F)F)c1. The normalized spacial score (nSPS) is 20.5. The fourth-order valence-electron chi connectivity index (χ4n) is 3.34. The third-order valence-electron chi connectivity index (χ3n) is 5.15. The second kappa shape index (κ2) is 7.91. The summed E-state index contributed by atoms with van der Waals surface area (Å²) >= 11 is 0. The molecule has 1 aliphatic carbocycles. The van der Waals surface area contributed by atoms with Crippen LogP contribution in [-0.4, -0.2) is 41.7 Å². The first-order valence-electron chi connectivity index (χ1n) is 9.23. The van der Waals surface area contributed by atoms with Crippen LogP contribution in [0.4, 0.5) is 18.9 Å². The molecule has 1 heterocycles. The summed E-state index contributed by atoms with van der Waals surface area (Å²) in [6, 6.07) is 3.66. The molecule has 1 saturated heterocycles. The topological polar surface area (TPSA) is 89.0 Å². The number of alkyl halides is 3. The summed E-state index contributed by atoms with van der Waals surface area (Å²) in [7, 11) is 0. The average molecular weight is 410 g/mol. The number of amides is 2. The van der Waals surface area contributed by atoms with Crippen molar-refractivity contribution in [3.63, 3.8) is 0 Å². The summed E-state index contributed by atoms with van der Waals surface area (Å²) in [4.78, 5) is 29.6. The van der Waals surface area contributed by atoms with Crippen molar-refractivity contribution in [2.24, 2.45) is 11.7 Å². The first-order chi connectivity index (χ1) is 13.6. The van der Waals surface area contributed by atoms with E-state index in [2.05, 4.69) is 14.9 Å². The summed E-state index contributed by atoms with van der Waals surface area (Å²) in [5.74, 6) is -1.47.